The minimum absolute atomic E-state index is 0.00191. The van der Waals surface area contributed by atoms with Crippen molar-refractivity contribution in [3.8, 4) is 0 Å². The van der Waals surface area contributed by atoms with E-state index in [9.17, 15) is 34.2 Å². The summed E-state index contributed by atoms with van der Waals surface area (Å²) in [5.74, 6) is -5.90. The lowest BCUT2D eigenvalue weighted by molar-refractivity contribution is -0.151. The minimum Gasteiger partial charge on any atom is -0.507 e. The van der Waals surface area contributed by atoms with E-state index in [1.165, 1.54) is 32.0 Å². The number of rotatable bonds is 8. The van der Waals surface area contributed by atoms with E-state index in [-0.39, 0.29) is 29.7 Å². The Morgan fingerprint density at radius 1 is 0.935 bits per heavy atom. The van der Waals surface area contributed by atoms with Crippen molar-refractivity contribution in [3.63, 3.8) is 0 Å². The molecule has 0 fully saturated rings. The molecule has 0 saturated carbocycles. The van der Waals surface area contributed by atoms with Gasteiger partial charge in [0.2, 0.25) is 0 Å². The molecule has 1 heterocycles. The summed E-state index contributed by atoms with van der Waals surface area (Å²) in [5.41, 5.74) is -0.663. The Kier molecular flexibility index (Phi) is 7.45. The second-order valence-electron chi connectivity index (χ2n) is 6.02. The van der Waals surface area contributed by atoms with Crippen molar-refractivity contribution in [3.05, 3.63) is 57.9 Å². The van der Waals surface area contributed by atoms with Gasteiger partial charge in [-0.1, -0.05) is 0 Å². The number of carbonyl (C=O) groups is 4. The number of hydrogen-bond acceptors (Lipinski definition) is 9. The Hall–Kier alpha value is -4.21. The Morgan fingerprint density at radius 2 is 1.48 bits per heavy atom. The Balaban J connectivity index is 2.45. The summed E-state index contributed by atoms with van der Waals surface area (Å²) < 4.78 is 9.06. The molecule has 0 atom stereocenters. The Labute approximate surface area is 175 Å². The van der Waals surface area contributed by atoms with Crippen LogP contribution >= 0.6 is 0 Å². The number of nitrogens with one attached hydrogen (secondary N) is 1. The van der Waals surface area contributed by atoms with Crippen molar-refractivity contribution in [2.75, 3.05) is 13.2 Å². The van der Waals surface area contributed by atoms with E-state index in [4.69, 9.17) is 0 Å². The van der Waals surface area contributed by atoms with Gasteiger partial charge >= 0.3 is 11.9 Å². The maximum absolute atomic E-state index is 12.7. The topological polar surface area (TPSA) is 160 Å². The summed E-state index contributed by atoms with van der Waals surface area (Å²) in [4.78, 5) is 61.7. The number of aromatic amines is 1. The lowest BCUT2D eigenvalue weighted by Crippen LogP contribution is -2.16. The summed E-state index contributed by atoms with van der Waals surface area (Å²) in [7, 11) is 0. The number of H-pyrrole nitrogens is 1. The van der Waals surface area contributed by atoms with Crippen LogP contribution in [0.5, 0.6) is 0 Å². The molecule has 0 unspecified atom stereocenters. The third-order valence-electron chi connectivity index (χ3n) is 3.94. The zero-order valence-corrected chi connectivity index (χ0v) is 16.6. The molecule has 0 aliphatic carbocycles. The highest BCUT2D eigenvalue weighted by Crippen LogP contribution is 2.18. The summed E-state index contributed by atoms with van der Waals surface area (Å²) in [6.45, 7) is 2.98. The number of carbonyl (C=O) groups excluding carboxylic acids is 4. The molecule has 31 heavy (non-hydrogen) atoms. The molecule has 0 radical (unpaired) electrons. The van der Waals surface area contributed by atoms with Gasteiger partial charge in [0.25, 0.3) is 11.6 Å². The highest BCUT2D eigenvalue weighted by molar-refractivity contribution is 6.39. The molecule has 10 heteroatoms. The van der Waals surface area contributed by atoms with Crippen LogP contribution in [0.1, 0.15) is 25.0 Å². The average Bonchev–Trinajstić information content (AvgIpc) is 2.73. The van der Waals surface area contributed by atoms with Crippen LogP contribution in [0.15, 0.2) is 41.3 Å². The van der Waals surface area contributed by atoms with Crippen molar-refractivity contribution < 1.29 is 38.9 Å². The highest BCUT2D eigenvalue weighted by Gasteiger charge is 2.17. The molecule has 2 aromatic rings. The first-order valence-corrected chi connectivity index (χ1v) is 9.09. The summed E-state index contributed by atoms with van der Waals surface area (Å²) in [6.07, 6.45) is 2.37. The van der Waals surface area contributed by atoms with E-state index in [0.29, 0.717) is 17.7 Å². The molecule has 0 bridgehead atoms. The van der Waals surface area contributed by atoms with Crippen molar-refractivity contribution in [2.45, 2.75) is 13.8 Å². The van der Waals surface area contributed by atoms with Crippen LogP contribution in [-0.2, 0) is 28.7 Å². The summed E-state index contributed by atoms with van der Waals surface area (Å²) in [5, 5.41) is 20.2. The van der Waals surface area contributed by atoms with E-state index in [2.05, 4.69) is 14.5 Å². The fourth-order valence-corrected chi connectivity index (χ4v) is 2.50. The van der Waals surface area contributed by atoms with Gasteiger partial charge < -0.3 is 24.7 Å². The number of ether oxygens (including phenoxy) is 2. The SMILES string of the molecule is CCOC(=O)C(=O)/C=C(\O)c1ccc2[nH]cc(/C(O)=C/C(=O)C(=O)OCC)c(=O)c2c1. The smallest absolute Gasteiger partial charge is 0.379 e. The van der Waals surface area contributed by atoms with Gasteiger partial charge in [0.1, 0.15) is 11.5 Å². The molecule has 1 aromatic carbocycles. The average molecular weight is 429 g/mol. The standard InChI is InChI=1S/C21H19NO9/c1-3-30-20(28)17(25)8-15(23)11-5-6-14-12(7-11)19(27)13(10-22-14)16(24)9-18(26)21(29)31-4-2/h5-10,23-24H,3-4H2,1-2H3,(H,22,27)/b15-8-,16-9-. The van der Waals surface area contributed by atoms with E-state index < -0.39 is 40.5 Å². The normalized spacial score (nSPS) is 11.8. The van der Waals surface area contributed by atoms with Gasteiger partial charge in [0.05, 0.1) is 18.8 Å². The van der Waals surface area contributed by atoms with Crippen LogP contribution in [0.2, 0.25) is 0 Å². The van der Waals surface area contributed by atoms with Crippen molar-refractivity contribution in [1.82, 2.24) is 4.98 Å². The third kappa shape index (κ3) is 5.44. The van der Waals surface area contributed by atoms with Crippen LogP contribution in [0.25, 0.3) is 22.4 Å². The van der Waals surface area contributed by atoms with Gasteiger partial charge in [-0.05, 0) is 32.0 Å². The zero-order chi connectivity index (χ0) is 23.1. The molecule has 0 spiro atoms. The number of esters is 2. The van der Waals surface area contributed by atoms with Crippen molar-refractivity contribution in [2.24, 2.45) is 0 Å². The first-order chi connectivity index (χ1) is 14.7. The fourth-order valence-electron chi connectivity index (χ4n) is 2.50. The monoisotopic (exact) mass is 429 g/mol. The number of ketones is 2. The number of aromatic nitrogens is 1. The molecule has 3 N–H and O–H groups in total. The molecule has 0 aliphatic heterocycles. The van der Waals surface area contributed by atoms with E-state index >= 15 is 0 Å². The number of benzene rings is 1. The van der Waals surface area contributed by atoms with Gasteiger partial charge in [-0.15, -0.1) is 0 Å². The molecular weight excluding hydrogens is 410 g/mol. The molecule has 0 aliphatic rings. The number of pyridine rings is 1. The molecule has 2 rings (SSSR count). The van der Waals surface area contributed by atoms with Crippen LogP contribution in [-0.4, -0.2) is 51.9 Å². The van der Waals surface area contributed by atoms with E-state index in [1.807, 2.05) is 0 Å². The number of fused-ring (bicyclic) bond motifs is 1. The van der Waals surface area contributed by atoms with Crippen molar-refractivity contribution in [1.29, 1.82) is 0 Å². The van der Waals surface area contributed by atoms with Gasteiger partial charge in [0, 0.05) is 34.8 Å². The van der Waals surface area contributed by atoms with Crippen molar-refractivity contribution >= 4 is 45.9 Å². The highest BCUT2D eigenvalue weighted by atomic mass is 16.5. The van der Waals surface area contributed by atoms with Crippen LogP contribution < -0.4 is 5.43 Å². The first kappa shape index (κ1) is 23.1. The number of aliphatic hydroxyl groups excluding tert-OH is 2. The molecule has 0 amide bonds. The molecule has 10 nitrogen and oxygen atoms in total. The van der Waals surface area contributed by atoms with Crippen LogP contribution in [0.4, 0.5) is 0 Å². The molecule has 162 valence electrons. The van der Waals surface area contributed by atoms with Crippen LogP contribution in [0, 0.1) is 0 Å². The Morgan fingerprint density at radius 3 is 2.03 bits per heavy atom. The lowest BCUT2D eigenvalue weighted by atomic mass is 10.1. The Bertz CT molecular complexity index is 1170. The molecule has 1 aromatic heterocycles. The second kappa shape index (κ2) is 10.0. The minimum atomic E-state index is -1.19. The number of aliphatic hydroxyl groups is 2. The number of hydrogen-bond donors (Lipinski definition) is 3. The van der Waals surface area contributed by atoms with Gasteiger partial charge in [0.15, 0.2) is 5.43 Å². The van der Waals surface area contributed by atoms with E-state index in [0.717, 1.165) is 6.20 Å². The summed E-state index contributed by atoms with van der Waals surface area (Å²) >= 11 is 0. The maximum Gasteiger partial charge on any atom is 0.379 e. The molecule has 0 saturated heterocycles. The predicted octanol–water partition coefficient (Wildman–Crippen LogP) is 1.59. The predicted molar refractivity (Wildman–Crippen MR) is 109 cm³/mol. The zero-order valence-electron chi connectivity index (χ0n) is 16.6. The third-order valence-corrected chi connectivity index (χ3v) is 3.94. The molecular formula is C21H19NO9. The largest absolute Gasteiger partial charge is 0.507 e. The quantitative estimate of drug-likeness (QED) is 0.245. The van der Waals surface area contributed by atoms with Gasteiger partial charge in [-0.3, -0.25) is 14.4 Å². The fraction of sp³-hybridized carbons (Fsp3) is 0.190. The van der Waals surface area contributed by atoms with Gasteiger partial charge in [-0.2, -0.15) is 0 Å². The maximum atomic E-state index is 12.7. The van der Waals surface area contributed by atoms with E-state index in [1.54, 1.807) is 0 Å². The lowest BCUT2D eigenvalue weighted by Gasteiger charge is -2.06. The first-order valence-electron chi connectivity index (χ1n) is 9.09. The van der Waals surface area contributed by atoms with Gasteiger partial charge in [-0.25, -0.2) is 9.59 Å². The van der Waals surface area contributed by atoms with Crippen LogP contribution in [0.3, 0.4) is 0 Å². The second-order valence-corrected chi connectivity index (χ2v) is 6.02. The summed E-state index contributed by atoms with van der Waals surface area (Å²) in [6, 6.07) is 4.05.